The Balaban J connectivity index is 1.68. The second-order valence-corrected chi connectivity index (χ2v) is 6.53. The second kappa shape index (κ2) is 6.05. The molecule has 0 bridgehead atoms. The zero-order valence-corrected chi connectivity index (χ0v) is 13.5. The number of rotatable bonds is 4. The van der Waals surface area contributed by atoms with Crippen LogP contribution in [-0.2, 0) is 6.54 Å². The molecule has 4 rings (SSSR count). The third-order valence-corrected chi connectivity index (χ3v) is 4.82. The number of aromatic nitrogens is 1. The van der Waals surface area contributed by atoms with Crippen molar-refractivity contribution in [3.8, 4) is 0 Å². The Kier molecular flexibility index (Phi) is 3.74. The monoisotopic (exact) mass is 339 g/mol. The van der Waals surface area contributed by atoms with Gasteiger partial charge in [-0.2, -0.15) is 0 Å². The van der Waals surface area contributed by atoms with Crippen molar-refractivity contribution in [2.45, 2.75) is 12.7 Å². The minimum absolute atomic E-state index is 0.0499. The van der Waals surface area contributed by atoms with E-state index in [1.54, 1.807) is 46.7 Å². The van der Waals surface area contributed by atoms with Crippen LogP contribution in [0.4, 0.5) is 10.1 Å². The summed E-state index contributed by atoms with van der Waals surface area (Å²) in [6.07, 6.45) is 1.31. The first-order valence-electron chi connectivity index (χ1n) is 7.53. The standard InChI is InChI=1S/C18H14FN3OS/c19-12-5-7-13(8-6-12)21-17-16-15(4-1-9-20-16)18(23)22(17)11-14-3-2-10-24-14/h1-10,17,21H,11H2/t17-/m0/s1. The Hall–Kier alpha value is -2.73. The molecule has 0 fully saturated rings. The molecule has 0 unspecified atom stereocenters. The van der Waals surface area contributed by atoms with Crippen LogP contribution in [0, 0.1) is 5.82 Å². The molecule has 1 aromatic carbocycles. The van der Waals surface area contributed by atoms with E-state index in [4.69, 9.17) is 0 Å². The van der Waals surface area contributed by atoms with Gasteiger partial charge in [0.15, 0.2) is 0 Å². The van der Waals surface area contributed by atoms with Gasteiger partial charge in [0.25, 0.3) is 5.91 Å². The fourth-order valence-corrected chi connectivity index (χ4v) is 3.52. The van der Waals surface area contributed by atoms with Gasteiger partial charge in [-0.05, 0) is 47.8 Å². The zero-order valence-electron chi connectivity index (χ0n) is 12.6. The number of amides is 1. The molecule has 1 aliphatic rings. The van der Waals surface area contributed by atoms with Crippen LogP contribution in [0.2, 0.25) is 0 Å². The number of carbonyl (C=O) groups excluding carboxylic acids is 1. The van der Waals surface area contributed by atoms with E-state index in [0.29, 0.717) is 17.8 Å². The van der Waals surface area contributed by atoms with Gasteiger partial charge in [0.1, 0.15) is 12.0 Å². The van der Waals surface area contributed by atoms with Gasteiger partial charge in [-0.15, -0.1) is 11.3 Å². The smallest absolute Gasteiger partial charge is 0.258 e. The molecule has 120 valence electrons. The first kappa shape index (κ1) is 14.8. The Morgan fingerprint density at radius 3 is 2.75 bits per heavy atom. The molecule has 3 heterocycles. The summed E-state index contributed by atoms with van der Waals surface area (Å²) < 4.78 is 13.1. The predicted octanol–water partition coefficient (Wildman–Crippen LogP) is 4.05. The van der Waals surface area contributed by atoms with Crippen LogP contribution in [0.1, 0.15) is 27.1 Å². The van der Waals surface area contributed by atoms with Crippen molar-refractivity contribution in [2.75, 3.05) is 5.32 Å². The summed E-state index contributed by atoms with van der Waals surface area (Å²) in [6, 6.07) is 13.6. The fraction of sp³-hybridized carbons (Fsp3) is 0.111. The molecule has 1 amide bonds. The normalized spacial score (nSPS) is 16.3. The summed E-state index contributed by atoms with van der Waals surface area (Å²) in [6.45, 7) is 0.506. The average molecular weight is 339 g/mol. The summed E-state index contributed by atoms with van der Waals surface area (Å²) in [5, 5.41) is 5.29. The number of nitrogens with one attached hydrogen (secondary N) is 1. The van der Waals surface area contributed by atoms with Crippen molar-refractivity contribution in [1.82, 2.24) is 9.88 Å². The van der Waals surface area contributed by atoms with Gasteiger partial charge >= 0.3 is 0 Å². The Morgan fingerprint density at radius 1 is 1.17 bits per heavy atom. The van der Waals surface area contributed by atoms with Gasteiger partial charge < -0.3 is 10.2 Å². The van der Waals surface area contributed by atoms with Gasteiger partial charge in [-0.25, -0.2) is 4.39 Å². The third-order valence-electron chi connectivity index (χ3n) is 3.95. The SMILES string of the molecule is O=C1c2cccnc2[C@@H](Nc2ccc(F)cc2)N1Cc1cccs1. The molecule has 1 aliphatic heterocycles. The van der Waals surface area contributed by atoms with E-state index >= 15 is 0 Å². The highest BCUT2D eigenvalue weighted by Gasteiger charge is 2.37. The lowest BCUT2D eigenvalue weighted by molar-refractivity contribution is 0.0729. The molecule has 4 nitrogen and oxygen atoms in total. The predicted molar refractivity (Wildman–Crippen MR) is 91.2 cm³/mol. The molecular weight excluding hydrogens is 325 g/mol. The Morgan fingerprint density at radius 2 is 2.00 bits per heavy atom. The maximum atomic E-state index is 13.1. The fourth-order valence-electron chi connectivity index (χ4n) is 2.82. The van der Waals surface area contributed by atoms with E-state index in [1.165, 1.54) is 12.1 Å². The number of nitrogens with zero attached hydrogens (tertiary/aromatic N) is 2. The molecule has 0 saturated carbocycles. The lowest BCUT2D eigenvalue weighted by Crippen LogP contribution is -2.31. The maximum Gasteiger partial charge on any atom is 0.258 e. The number of hydrogen-bond donors (Lipinski definition) is 1. The van der Waals surface area contributed by atoms with Crippen molar-refractivity contribution in [3.05, 3.63) is 82.1 Å². The Bertz CT molecular complexity index is 864. The summed E-state index contributed by atoms with van der Waals surface area (Å²) in [5.74, 6) is -0.344. The summed E-state index contributed by atoms with van der Waals surface area (Å²) in [5.41, 5.74) is 2.04. The topological polar surface area (TPSA) is 45.2 Å². The van der Waals surface area contributed by atoms with Crippen LogP contribution < -0.4 is 5.32 Å². The molecule has 1 atom stereocenters. The molecular formula is C18H14FN3OS. The molecule has 2 aromatic heterocycles. The van der Waals surface area contributed by atoms with Crippen LogP contribution in [0.5, 0.6) is 0 Å². The number of anilines is 1. The number of hydrogen-bond acceptors (Lipinski definition) is 4. The number of fused-ring (bicyclic) bond motifs is 1. The highest BCUT2D eigenvalue weighted by molar-refractivity contribution is 7.09. The maximum absolute atomic E-state index is 13.1. The molecule has 6 heteroatoms. The number of carbonyl (C=O) groups is 1. The van der Waals surface area contributed by atoms with Crippen LogP contribution in [0.3, 0.4) is 0 Å². The van der Waals surface area contributed by atoms with Crippen molar-refractivity contribution in [1.29, 1.82) is 0 Å². The van der Waals surface area contributed by atoms with E-state index in [-0.39, 0.29) is 17.9 Å². The van der Waals surface area contributed by atoms with Gasteiger partial charge in [0.05, 0.1) is 17.8 Å². The van der Waals surface area contributed by atoms with E-state index in [1.807, 2.05) is 17.5 Å². The lowest BCUT2D eigenvalue weighted by Gasteiger charge is -2.26. The lowest BCUT2D eigenvalue weighted by atomic mass is 10.2. The largest absolute Gasteiger partial charge is 0.360 e. The number of benzene rings is 1. The number of thiophene rings is 1. The molecule has 0 spiro atoms. The quantitative estimate of drug-likeness (QED) is 0.780. The van der Waals surface area contributed by atoms with E-state index < -0.39 is 0 Å². The van der Waals surface area contributed by atoms with Crippen LogP contribution in [0.15, 0.2) is 60.1 Å². The average Bonchev–Trinajstić information content (AvgIpc) is 3.20. The van der Waals surface area contributed by atoms with Gasteiger partial charge in [0, 0.05) is 16.8 Å². The van der Waals surface area contributed by atoms with Gasteiger partial charge in [0.2, 0.25) is 0 Å². The van der Waals surface area contributed by atoms with Crippen LogP contribution in [-0.4, -0.2) is 15.8 Å². The summed E-state index contributed by atoms with van der Waals surface area (Å²) in [7, 11) is 0. The molecule has 0 radical (unpaired) electrons. The molecule has 0 saturated heterocycles. The van der Waals surface area contributed by atoms with E-state index in [2.05, 4.69) is 10.3 Å². The van der Waals surface area contributed by atoms with Crippen molar-refractivity contribution >= 4 is 22.9 Å². The first-order chi connectivity index (χ1) is 11.7. The van der Waals surface area contributed by atoms with Gasteiger partial charge in [-0.3, -0.25) is 9.78 Å². The van der Waals surface area contributed by atoms with Crippen LogP contribution >= 0.6 is 11.3 Å². The highest BCUT2D eigenvalue weighted by Crippen LogP contribution is 2.34. The van der Waals surface area contributed by atoms with Crippen molar-refractivity contribution in [3.63, 3.8) is 0 Å². The van der Waals surface area contributed by atoms with E-state index in [9.17, 15) is 9.18 Å². The second-order valence-electron chi connectivity index (χ2n) is 5.50. The van der Waals surface area contributed by atoms with Crippen molar-refractivity contribution < 1.29 is 9.18 Å². The number of halogens is 1. The molecule has 0 aliphatic carbocycles. The minimum atomic E-state index is -0.374. The van der Waals surface area contributed by atoms with Crippen LogP contribution in [0.25, 0.3) is 0 Å². The molecule has 1 N–H and O–H groups in total. The third kappa shape index (κ3) is 2.65. The van der Waals surface area contributed by atoms with Gasteiger partial charge in [-0.1, -0.05) is 6.07 Å². The molecule has 3 aromatic rings. The summed E-state index contributed by atoms with van der Waals surface area (Å²) >= 11 is 1.61. The minimum Gasteiger partial charge on any atom is -0.360 e. The van der Waals surface area contributed by atoms with E-state index in [0.717, 1.165) is 10.6 Å². The summed E-state index contributed by atoms with van der Waals surface area (Å²) in [4.78, 5) is 20.0. The first-order valence-corrected chi connectivity index (χ1v) is 8.41. The number of pyridine rings is 1. The zero-order chi connectivity index (χ0) is 16.5. The Labute approximate surface area is 142 Å². The highest BCUT2D eigenvalue weighted by atomic mass is 32.1. The molecule has 24 heavy (non-hydrogen) atoms. The van der Waals surface area contributed by atoms with Crippen molar-refractivity contribution in [2.24, 2.45) is 0 Å².